The minimum Gasteiger partial charge on any atom is -0.383 e. The van der Waals surface area contributed by atoms with E-state index in [1.807, 2.05) is 0 Å². The fourth-order valence-electron chi connectivity index (χ4n) is 2.28. The number of hydrogen-bond acceptors (Lipinski definition) is 3. The molecule has 14 heavy (non-hydrogen) atoms. The van der Waals surface area contributed by atoms with Gasteiger partial charge in [-0.05, 0) is 25.7 Å². The molecule has 82 valence electrons. The number of piperazine rings is 1. The number of rotatable bonds is 4. The molecular formula is C11H22N2O. The first-order valence-electron chi connectivity index (χ1n) is 5.77. The lowest BCUT2D eigenvalue weighted by atomic mass is 10.1. The van der Waals surface area contributed by atoms with Gasteiger partial charge in [0.05, 0.1) is 6.61 Å². The van der Waals surface area contributed by atoms with Gasteiger partial charge in [-0.2, -0.15) is 0 Å². The maximum absolute atomic E-state index is 5.14. The summed E-state index contributed by atoms with van der Waals surface area (Å²) in [6, 6.07) is 1.42. The first-order chi connectivity index (χ1) is 6.81. The Kier molecular flexibility index (Phi) is 3.42. The van der Waals surface area contributed by atoms with Crippen molar-refractivity contribution in [2.75, 3.05) is 33.4 Å². The van der Waals surface area contributed by atoms with Gasteiger partial charge < -0.3 is 10.1 Å². The molecule has 0 spiro atoms. The van der Waals surface area contributed by atoms with E-state index in [0.29, 0.717) is 6.04 Å². The van der Waals surface area contributed by atoms with Crippen LogP contribution in [0.3, 0.4) is 0 Å². The first kappa shape index (κ1) is 10.4. The molecule has 2 aliphatic rings. The van der Waals surface area contributed by atoms with Crippen molar-refractivity contribution in [3.8, 4) is 0 Å². The van der Waals surface area contributed by atoms with Gasteiger partial charge in [0.15, 0.2) is 0 Å². The molecule has 1 saturated heterocycles. The highest BCUT2D eigenvalue weighted by Crippen LogP contribution is 2.34. The maximum atomic E-state index is 5.14. The van der Waals surface area contributed by atoms with Crippen LogP contribution in [0, 0.1) is 5.92 Å². The zero-order valence-electron chi connectivity index (χ0n) is 9.33. The Morgan fingerprint density at radius 3 is 2.86 bits per heavy atom. The van der Waals surface area contributed by atoms with Crippen molar-refractivity contribution in [3.05, 3.63) is 0 Å². The molecule has 0 amide bonds. The van der Waals surface area contributed by atoms with Gasteiger partial charge >= 0.3 is 0 Å². The minimum absolute atomic E-state index is 0.667. The lowest BCUT2D eigenvalue weighted by Crippen LogP contribution is -2.56. The number of nitrogens with zero attached hydrogens (tertiary/aromatic N) is 1. The Labute approximate surface area is 86.8 Å². The van der Waals surface area contributed by atoms with Gasteiger partial charge in [0.1, 0.15) is 0 Å². The maximum Gasteiger partial charge on any atom is 0.0589 e. The van der Waals surface area contributed by atoms with Crippen LogP contribution in [0.1, 0.15) is 19.8 Å². The Hall–Kier alpha value is -0.120. The van der Waals surface area contributed by atoms with Crippen molar-refractivity contribution in [3.63, 3.8) is 0 Å². The van der Waals surface area contributed by atoms with Crippen LogP contribution < -0.4 is 5.32 Å². The molecular weight excluding hydrogens is 176 g/mol. The standard InChI is InChI=1S/C11H22N2O/c1-9-7-12-11(10-3-4-10)8-13(9)5-6-14-2/h9-12H,3-8H2,1-2H3. The van der Waals surface area contributed by atoms with Gasteiger partial charge in [-0.25, -0.2) is 0 Å². The summed E-state index contributed by atoms with van der Waals surface area (Å²) in [4.78, 5) is 2.56. The summed E-state index contributed by atoms with van der Waals surface area (Å²) >= 11 is 0. The summed E-state index contributed by atoms with van der Waals surface area (Å²) in [5, 5.41) is 3.65. The van der Waals surface area contributed by atoms with Crippen molar-refractivity contribution in [2.24, 2.45) is 5.92 Å². The van der Waals surface area contributed by atoms with Gasteiger partial charge in [0.2, 0.25) is 0 Å². The van der Waals surface area contributed by atoms with E-state index in [-0.39, 0.29) is 0 Å². The van der Waals surface area contributed by atoms with E-state index in [4.69, 9.17) is 4.74 Å². The zero-order valence-corrected chi connectivity index (χ0v) is 9.33. The Morgan fingerprint density at radius 1 is 1.43 bits per heavy atom. The summed E-state index contributed by atoms with van der Waals surface area (Å²) in [6.07, 6.45) is 2.87. The number of nitrogens with one attached hydrogen (secondary N) is 1. The predicted molar refractivity (Wildman–Crippen MR) is 57.4 cm³/mol. The largest absolute Gasteiger partial charge is 0.383 e. The average Bonchev–Trinajstić information content (AvgIpc) is 3.00. The molecule has 2 atom stereocenters. The van der Waals surface area contributed by atoms with Gasteiger partial charge in [0.25, 0.3) is 0 Å². The fourth-order valence-corrected chi connectivity index (χ4v) is 2.28. The summed E-state index contributed by atoms with van der Waals surface area (Å²) in [6.45, 7) is 6.61. The monoisotopic (exact) mass is 198 g/mol. The highest BCUT2D eigenvalue weighted by Gasteiger charge is 2.35. The molecule has 1 heterocycles. The van der Waals surface area contributed by atoms with E-state index in [9.17, 15) is 0 Å². The lowest BCUT2D eigenvalue weighted by molar-refractivity contribution is 0.0891. The molecule has 3 nitrogen and oxygen atoms in total. The molecule has 0 aromatic rings. The molecule has 0 bridgehead atoms. The van der Waals surface area contributed by atoms with E-state index in [2.05, 4.69) is 17.1 Å². The van der Waals surface area contributed by atoms with E-state index in [0.717, 1.165) is 31.7 Å². The second kappa shape index (κ2) is 4.60. The van der Waals surface area contributed by atoms with Crippen molar-refractivity contribution in [2.45, 2.75) is 31.8 Å². The minimum atomic E-state index is 0.667. The van der Waals surface area contributed by atoms with Crippen LogP contribution in [0.5, 0.6) is 0 Å². The third-order valence-corrected chi connectivity index (χ3v) is 3.50. The molecule has 0 aromatic heterocycles. The molecule has 2 rings (SSSR count). The van der Waals surface area contributed by atoms with Crippen molar-refractivity contribution in [1.29, 1.82) is 0 Å². The molecule has 3 heteroatoms. The van der Waals surface area contributed by atoms with Crippen LogP contribution in [-0.2, 0) is 4.74 Å². The summed E-state index contributed by atoms with van der Waals surface area (Å²) < 4.78 is 5.14. The zero-order chi connectivity index (χ0) is 9.97. The second-order valence-electron chi connectivity index (χ2n) is 4.69. The topological polar surface area (TPSA) is 24.5 Å². The number of hydrogen-bond donors (Lipinski definition) is 1. The quantitative estimate of drug-likeness (QED) is 0.720. The van der Waals surface area contributed by atoms with Gasteiger partial charge in [-0.3, -0.25) is 4.90 Å². The SMILES string of the molecule is COCCN1CC(C2CC2)NCC1C. The molecule has 1 saturated carbocycles. The fraction of sp³-hybridized carbons (Fsp3) is 1.00. The highest BCUT2D eigenvalue weighted by atomic mass is 16.5. The summed E-state index contributed by atoms with van der Waals surface area (Å²) in [7, 11) is 1.78. The molecule has 2 fully saturated rings. The van der Waals surface area contributed by atoms with E-state index < -0.39 is 0 Å². The van der Waals surface area contributed by atoms with Gasteiger partial charge in [-0.1, -0.05) is 0 Å². The van der Waals surface area contributed by atoms with Gasteiger partial charge in [-0.15, -0.1) is 0 Å². The first-order valence-corrected chi connectivity index (χ1v) is 5.77. The van der Waals surface area contributed by atoms with Crippen LogP contribution in [0.2, 0.25) is 0 Å². The average molecular weight is 198 g/mol. The number of methoxy groups -OCH3 is 1. The predicted octanol–water partition coefficient (Wildman–Crippen LogP) is 0.705. The molecule has 0 aromatic carbocycles. The molecule has 1 N–H and O–H groups in total. The normalized spacial score (nSPS) is 34.7. The van der Waals surface area contributed by atoms with Gasteiger partial charge in [0, 0.05) is 38.8 Å². The van der Waals surface area contributed by atoms with Crippen molar-refractivity contribution >= 4 is 0 Å². The van der Waals surface area contributed by atoms with Crippen LogP contribution in [0.15, 0.2) is 0 Å². The molecule has 0 radical (unpaired) electrons. The second-order valence-corrected chi connectivity index (χ2v) is 4.69. The third-order valence-electron chi connectivity index (χ3n) is 3.50. The van der Waals surface area contributed by atoms with Crippen LogP contribution in [0.4, 0.5) is 0 Å². The van der Waals surface area contributed by atoms with E-state index in [1.165, 1.54) is 19.4 Å². The molecule has 1 aliphatic carbocycles. The van der Waals surface area contributed by atoms with Crippen LogP contribution >= 0.6 is 0 Å². The van der Waals surface area contributed by atoms with E-state index in [1.54, 1.807) is 7.11 Å². The highest BCUT2D eigenvalue weighted by molar-refractivity contribution is 4.93. The van der Waals surface area contributed by atoms with Crippen molar-refractivity contribution < 1.29 is 4.74 Å². The summed E-state index contributed by atoms with van der Waals surface area (Å²) in [5.41, 5.74) is 0. The van der Waals surface area contributed by atoms with Crippen LogP contribution in [0.25, 0.3) is 0 Å². The van der Waals surface area contributed by atoms with Crippen molar-refractivity contribution in [1.82, 2.24) is 10.2 Å². The van der Waals surface area contributed by atoms with Crippen LogP contribution in [-0.4, -0.2) is 50.3 Å². The molecule has 2 unspecified atom stereocenters. The Bertz CT molecular complexity index is 182. The summed E-state index contributed by atoms with van der Waals surface area (Å²) in [5.74, 6) is 0.965. The Balaban J connectivity index is 1.79. The lowest BCUT2D eigenvalue weighted by Gasteiger charge is -2.38. The smallest absolute Gasteiger partial charge is 0.0589 e. The Morgan fingerprint density at radius 2 is 2.21 bits per heavy atom. The molecule has 1 aliphatic heterocycles. The van der Waals surface area contributed by atoms with E-state index >= 15 is 0 Å². The number of ether oxygens (including phenoxy) is 1. The third kappa shape index (κ3) is 2.47.